The maximum atomic E-state index is 11.7. The van der Waals surface area contributed by atoms with Gasteiger partial charge in [0.2, 0.25) is 17.7 Å². The van der Waals surface area contributed by atoms with Crippen molar-refractivity contribution in [2.45, 2.75) is 159 Å². The van der Waals surface area contributed by atoms with Crippen LogP contribution in [0.3, 0.4) is 0 Å². The number of likely N-dealkylation sites (tertiary alicyclic amines) is 2. The second-order valence-electron chi connectivity index (χ2n) is 21.7. The monoisotopic (exact) mass is 1390 g/mol. The van der Waals surface area contributed by atoms with Gasteiger partial charge >= 0.3 is 59.7 Å². The Labute approximate surface area is 560 Å². The molecule has 8 unspecified atom stereocenters. The summed E-state index contributed by atoms with van der Waals surface area (Å²) in [7, 11) is 3.05. The van der Waals surface area contributed by atoms with Gasteiger partial charge in [-0.15, -0.1) is 0 Å². The average Bonchev–Trinajstić information content (AvgIpc) is 1.84. The largest absolute Gasteiger partial charge is 0.478 e. The highest BCUT2D eigenvalue weighted by Crippen LogP contribution is 2.23. The van der Waals surface area contributed by atoms with Gasteiger partial charge in [0, 0.05) is 158 Å². The number of imide groups is 1. The quantitative estimate of drug-likeness (QED) is 0.0355. The highest BCUT2D eigenvalue weighted by atomic mass is 16.6. The number of ketones is 3. The maximum absolute atomic E-state index is 11.7. The SMILES string of the molecule is C.C=C1CCC(OC(=O)/C=C/C(=O)OC2CCC(=O)C2)N1.COCCN1C(=O)CCC1OC(=O)/C=C/C(=O)O.COCCN1CCC(OC(=O)/C=C/C(=O)O)C1=O.O=C1CC(OC(=O)/C=C/C(=O)OC2CCCC2=O)C(=O)N1.O=C1CCC(OC(=O)/C=C/C(=O)OC2CNC(=O)C2)C1. The number of nitrogens with one attached hydrogen (secondary N) is 3. The molecule has 0 aromatic rings. The Morgan fingerprint density at radius 3 is 1.41 bits per heavy atom. The van der Waals surface area contributed by atoms with Crippen molar-refractivity contribution < 1.29 is 144 Å². The Morgan fingerprint density at radius 1 is 0.490 bits per heavy atom. The highest BCUT2D eigenvalue weighted by Gasteiger charge is 2.36. The first-order valence-electron chi connectivity index (χ1n) is 30.3. The molecule has 5 saturated heterocycles. The van der Waals surface area contributed by atoms with Crippen LogP contribution in [0.2, 0.25) is 0 Å². The summed E-state index contributed by atoms with van der Waals surface area (Å²) in [5, 5.41) is 24.1. The number of ether oxygens (including phenoxy) is 10. The van der Waals surface area contributed by atoms with Crippen LogP contribution in [0.15, 0.2) is 73.0 Å². The molecule has 0 aromatic heterocycles. The molecular formula is C63H79N5O30. The highest BCUT2D eigenvalue weighted by molar-refractivity contribution is 6.06. The molecule has 8 atom stereocenters. The molecule has 3 aliphatic carbocycles. The Bertz CT molecular complexity index is 2980. The predicted octanol–water partition coefficient (Wildman–Crippen LogP) is -0.402. The number of nitrogens with zero attached hydrogens (tertiary/aromatic N) is 2. The van der Waals surface area contributed by atoms with E-state index in [1.165, 1.54) is 19.1 Å². The lowest BCUT2D eigenvalue weighted by molar-refractivity contribution is -0.155. The predicted molar refractivity (Wildman–Crippen MR) is 326 cm³/mol. The summed E-state index contributed by atoms with van der Waals surface area (Å²) in [4.78, 5) is 204. The van der Waals surface area contributed by atoms with Crippen LogP contribution in [0.25, 0.3) is 0 Å². The molecule has 0 bridgehead atoms. The van der Waals surface area contributed by atoms with Gasteiger partial charge in [-0.1, -0.05) is 14.0 Å². The summed E-state index contributed by atoms with van der Waals surface area (Å²) < 4.78 is 49.2. The van der Waals surface area contributed by atoms with E-state index in [1.54, 1.807) is 4.90 Å². The molecule has 35 nitrogen and oxygen atoms in total. The number of rotatable bonds is 24. The third-order valence-corrected chi connectivity index (χ3v) is 14.1. The molecule has 8 fully saturated rings. The molecule has 0 aromatic carbocycles. The Kier molecular flexibility index (Phi) is 35.6. The van der Waals surface area contributed by atoms with Crippen LogP contribution in [0, 0.1) is 0 Å². The summed E-state index contributed by atoms with van der Waals surface area (Å²) in [6.45, 7) is 6.08. The van der Waals surface area contributed by atoms with Gasteiger partial charge in [0.1, 0.15) is 29.9 Å². The molecule has 98 heavy (non-hydrogen) atoms. The number of carboxylic acid groups (broad SMARTS) is 2. The second kappa shape index (κ2) is 42.8. The van der Waals surface area contributed by atoms with E-state index in [0.29, 0.717) is 116 Å². The summed E-state index contributed by atoms with van der Waals surface area (Å²) >= 11 is 0. The zero-order valence-corrected chi connectivity index (χ0v) is 52.9. The number of methoxy groups -OCH3 is 2. The van der Waals surface area contributed by atoms with Crippen LogP contribution in [-0.4, -0.2) is 229 Å². The molecule has 8 rings (SSSR count). The van der Waals surface area contributed by atoms with Gasteiger partial charge in [0.05, 0.1) is 32.6 Å². The molecule has 5 N–H and O–H groups in total. The number of Topliss-reactive ketones (excluding diaryl/α,β-unsaturated/α-hetero) is 3. The number of aliphatic carboxylic acids is 2. The maximum Gasteiger partial charge on any atom is 0.332 e. The molecule has 0 radical (unpaired) electrons. The topological polar surface area (TPSA) is 483 Å². The second-order valence-corrected chi connectivity index (χ2v) is 21.7. The normalized spacial score (nSPS) is 23.1. The van der Waals surface area contributed by atoms with Crippen molar-refractivity contribution in [1.29, 1.82) is 0 Å². The molecule has 536 valence electrons. The minimum atomic E-state index is -1.24. The van der Waals surface area contributed by atoms with Crippen molar-refractivity contribution in [2.24, 2.45) is 0 Å². The molecule has 5 amide bonds. The van der Waals surface area contributed by atoms with E-state index in [0.717, 1.165) is 60.7 Å². The van der Waals surface area contributed by atoms with Crippen molar-refractivity contribution in [1.82, 2.24) is 25.8 Å². The minimum Gasteiger partial charge on any atom is -0.478 e. The zero-order chi connectivity index (χ0) is 71.6. The first-order chi connectivity index (χ1) is 46.1. The van der Waals surface area contributed by atoms with Crippen molar-refractivity contribution >= 4 is 107 Å². The van der Waals surface area contributed by atoms with Gasteiger partial charge in [0.25, 0.3) is 11.8 Å². The Hall–Kier alpha value is -10.6. The number of esters is 8. The van der Waals surface area contributed by atoms with E-state index in [-0.39, 0.29) is 87.1 Å². The number of hydrogen-bond acceptors (Lipinski definition) is 29. The third kappa shape index (κ3) is 31.8. The van der Waals surface area contributed by atoms with E-state index in [9.17, 15) is 86.3 Å². The number of carboxylic acids is 2. The number of carbonyl (C=O) groups is 18. The fraction of sp³-hybridized carbons (Fsp3) is 0.524. The van der Waals surface area contributed by atoms with Crippen LogP contribution < -0.4 is 16.0 Å². The molecule has 8 aliphatic rings. The fourth-order valence-corrected chi connectivity index (χ4v) is 9.44. The van der Waals surface area contributed by atoms with Crippen LogP contribution in [-0.2, 0) is 134 Å². The summed E-state index contributed by atoms with van der Waals surface area (Å²) in [5.41, 5.74) is 0.831. The van der Waals surface area contributed by atoms with E-state index in [1.807, 2.05) is 5.32 Å². The average molecular weight is 1390 g/mol. The standard InChI is InChI=1S/C14H17NO5.C13H13NO7.C13H15NO6.2C11H15NO6.CH4/c1-9-2-5-12(15-9)20-14(18)7-6-13(17)19-11-4-3-10(16)8-11;15-7-2-1-3-8(7)20-11(17)4-5-12(18)21-9-6-10(16)14-13(9)19;15-8-1-2-9(5-8)19-12(17)3-4-13(18)20-10-6-11(16)14-7-10;1-17-7-6-12-5-4-8(11(12)16)18-10(15)3-2-9(13)14;1-17-7-6-12-8(13)2-3-9(12)18-11(16)5-4-10(14)15;/h6-7,11-12,15H,1-5,8H2;4-5,8-9H,1-3,6H2,(H,14,16,19);3-4,9-10H,1-2,5-7H2,(H,14,16);2-3,8H,4-7H2,1H3,(H,13,14);4-5,9H,2-3,6-7H2,1H3,(H,14,15);1H4/b7-6+;5-4+;4-3+;3-2+;5-4+;. The molecular weight excluding hydrogens is 1310 g/mol. The Morgan fingerprint density at radius 2 is 0.969 bits per heavy atom. The minimum absolute atomic E-state index is 0. The Balaban J connectivity index is 0.000000319. The van der Waals surface area contributed by atoms with Gasteiger partial charge in [-0.25, -0.2) is 47.9 Å². The number of carbonyl (C=O) groups excluding carboxylic acids is 16. The number of allylic oxidation sites excluding steroid dienone is 1. The van der Waals surface area contributed by atoms with E-state index in [4.69, 9.17) is 57.6 Å². The van der Waals surface area contributed by atoms with Crippen molar-refractivity contribution in [3.05, 3.63) is 73.0 Å². The van der Waals surface area contributed by atoms with E-state index in [2.05, 4.69) is 17.2 Å². The molecule has 5 aliphatic heterocycles. The zero-order valence-electron chi connectivity index (χ0n) is 52.9. The van der Waals surface area contributed by atoms with Gasteiger partial charge in [0.15, 0.2) is 36.6 Å². The van der Waals surface area contributed by atoms with Crippen LogP contribution in [0.1, 0.15) is 110 Å². The van der Waals surface area contributed by atoms with Gasteiger partial charge in [-0.05, 0) is 32.1 Å². The van der Waals surface area contributed by atoms with E-state index < -0.39 is 108 Å². The third-order valence-electron chi connectivity index (χ3n) is 14.1. The first-order valence-corrected chi connectivity index (χ1v) is 30.3. The molecule has 5 heterocycles. The lowest BCUT2D eigenvalue weighted by Crippen LogP contribution is -2.38. The van der Waals surface area contributed by atoms with Crippen LogP contribution >= 0.6 is 0 Å². The summed E-state index contributed by atoms with van der Waals surface area (Å²) in [6.07, 6.45) is 9.97. The van der Waals surface area contributed by atoms with Crippen LogP contribution in [0.4, 0.5) is 0 Å². The molecule has 35 heteroatoms. The van der Waals surface area contributed by atoms with Crippen molar-refractivity contribution in [3.8, 4) is 0 Å². The fourth-order valence-electron chi connectivity index (χ4n) is 9.44. The molecule has 0 spiro atoms. The van der Waals surface area contributed by atoms with Gasteiger partial charge in [-0.2, -0.15) is 0 Å². The number of amides is 5. The molecule has 3 saturated carbocycles. The van der Waals surface area contributed by atoms with Crippen molar-refractivity contribution in [2.75, 3.05) is 53.6 Å². The van der Waals surface area contributed by atoms with E-state index >= 15 is 0 Å². The smallest absolute Gasteiger partial charge is 0.332 e. The lowest BCUT2D eigenvalue weighted by atomic mass is 10.3. The number of hydrogen-bond donors (Lipinski definition) is 5. The summed E-state index contributed by atoms with van der Waals surface area (Å²) in [5.74, 6) is -10.2. The first kappa shape index (κ1) is 81.7. The van der Waals surface area contributed by atoms with Crippen LogP contribution in [0.5, 0.6) is 0 Å². The summed E-state index contributed by atoms with van der Waals surface area (Å²) in [6, 6.07) is 0. The van der Waals surface area contributed by atoms with Gasteiger partial charge in [-0.3, -0.25) is 43.7 Å². The van der Waals surface area contributed by atoms with Gasteiger partial charge < -0.3 is 78.0 Å². The van der Waals surface area contributed by atoms with Crippen molar-refractivity contribution in [3.63, 3.8) is 0 Å². The lowest BCUT2D eigenvalue weighted by Gasteiger charge is -2.23.